The fourth-order valence-electron chi connectivity index (χ4n) is 2.86. The van der Waals surface area contributed by atoms with Crippen molar-refractivity contribution in [2.24, 2.45) is 0 Å². The molecule has 2 aromatic heterocycles. The fraction of sp³-hybridized carbons (Fsp3) is 0.250. The molecule has 1 aromatic carbocycles. The molecule has 0 fully saturated rings. The highest BCUT2D eigenvalue weighted by molar-refractivity contribution is 6.33. The predicted molar refractivity (Wildman–Crippen MR) is 109 cm³/mol. The SMILES string of the molecule is COc1ccc(OC)c(C(C)Nc2cnn(-c3ccc(C(F)(F)F)cn3)c(=O)c2Cl)c1. The molecule has 0 aliphatic carbocycles. The minimum atomic E-state index is -4.54. The number of methoxy groups -OCH3 is 2. The number of anilines is 1. The quantitative estimate of drug-likeness (QED) is 0.591. The van der Waals surface area contributed by atoms with Gasteiger partial charge < -0.3 is 14.8 Å². The summed E-state index contributed by atoms with van der Waals surface area (Å²) in [4.78, 5) is 16.3. The van der Waals surface area contributed by atoms with Crippen molar-refractivity contribution in [3.05, 3.63) is 69.2 Å². The molecule has 0 saturated heterocycles. The molecule has 1 atom stereocenters. The molecule has 0 saturated carbocycles. The monoisotopic (exact) mass is 454 g/mol. The average Bonchev–Trinajstić information content (AvgIpc) is 2.76. The van der Waals surface area contributed by atoms with Gasteiger partial charge in [0.15, 0.2) is 5.82 Å². The largest absolute Gasteiger partial charge is 0.497 e. The van der Waals surface area contributed by atoms with Gasteiger partial charge in [0.25, 0.3) is 5.56 Å². The molecule has 3 rings (SSSR count). The van der Waals surface area contributed by atoms with Crippen molar-refractivity contribution < 1.29 is 22.6 Å². The van der Waals surface area contributed by atoms with Crippen LogP contribution in [0.5, 0.6) is 11.5 Å². The highest BCUT2D eigenvalue weighted by atomic mass is 35.5. The number of hydrogen-bond donors (Lipinski definition) is 1. The Morgan fingerprint density at radius 1 is 1.13 bits per heavy atom. The molecular formula is C20H18ClF3N4O3. The average molecular weight is 455 g/mol. The van der Waals surface area contributed by atoms with E-state index >= 15 is 0 Å². The van der Waals surface area contributed by atoms with Gasteiger partial charge in [-0.2, -0.15) is 23.0 Å². The van der Waals surface area contributed by atoms with Gasteiger partial charge in [0.2, 0.25) is 0 Å². The number of nitrogens with one attached hydrogen (secondary N) is 1. The minimum Gasteiger partial charge on any atom is -0.497 e. The lowest BCUT2D eigenvalue weighted by molar-refractivity contribution is -0.137. The van der Waals surface area contributed by atoms with Gasteiger partial charge in [-0.05, 0) is 37.3 Å². The van der Waals surface area contributed by atoms with E-state index in [-0.39, 0.29) is 22.6 Å². The molecule has 31 heavy (non-hydrogen) atoms. The highest BCUT2D eigenvalue weighted by Gasteiger charge is 2.30. The summed E-state index contributed by atoms with van der Waals surface area (Å²) in [6, 6.07) is 6.80. The van der Waals surface area contributed by atoms with Crippen LogP contribution < -0.4 is 20.3 Å². The van der Waals surface area contributed by atoms with E-state index in [1.54, 1.807) is 25.3 Å². The van der Waals surface area contributed by atoms with E-state index in [0.717, 1.165) is 22.4 Å². The molecule has 0 amide bonds. The van der Waals surface area contributed by atoms with Crippen LogP contribution in [0.25, 0.3) is 5.82 Å². The van der Waals surface area contributed by atoms with Crippen LogP contribution in [0, 0.1) is 0 Å². The van der Waals surface area contributed by atoms with Gasteiger partial charge in [-0.3, -0.25) is 4.79 Å². The van der Waals surface area contributed by atoms with Gasteiger partial charge in [0.1, 0.15) is 16.5 Å². The van der Waals surface area contributed by atoms with Crippen LogP contribution in [0.1, 0.15) is 24.1 Å². The molecule has 0 bridgehead atoms. The van der Waals surface area contributed by atoms with E-state index < -0.39 is 17.3 Å². The first-order chi connectivity index (χ1) is 14.7. The van der Waals surface area contributed by atoms with E-state index in [1.807, 2.05) is 6.92 Å². The number of pyridine rings is 1. The van der Waals surface area contributed by atoms with E-state index in [1.165, 1.54) is 13.3 Å². The topological polar surface area (TPSA) is 78.3 Å². The number of ether oxygens (including phenoxy) is 2. The van der Waals surface area contributed by atoms with E-state index in [9.17, 15) is 18.0 Å². The lowest BCUT2D eigenvalue weighted by Gasteiger charge is -2.20. The van der Waals surface area contributed by atoms with E-state index in [4.69, 9.17) is 21.1 Å². The van der Waals surface area contributed by atoms with Crippen molar-refractivity contribution in [1.82, 2.24) is 14.8 Å². The van der Waals surface area contributed by atoms with Gasteiger partial charge >= 0.3 is 6.18 Å². The number of aromatic nitrogens is 3. The molecule has 3 aromatic rings. The van der Waals surface area contributed by atoms with Crippen molar-refractivity contribution in [2.45, 2.75) is 19.1 Å². The number of hydrogen-bond acceptors (Lipinski definition) is 6. The molecule has 0 aliphatic rings. The Morgan fingerprint density at radius 2 is 1.87 bits per heavy atom. The molecule has 1 unspecified atom stereocenters. The second-order valence-electron chi connectivity index (χ2n) is 6.47. The maximum atomic E-state index is 12.7. The number of rotatable bonds is 6. The van der Waals surface area contributed by atoms with Crippen LogP contribution in [0.15, 0.2) is 47.5 Å². The van der Waals surface area contributed by atoms with E-state index in [2.05, 4.69) is 15.4 Å². The molecule has 11 heteroatoms. The molecular weight excluding hydrogens is 437 g/mol. The van der Waals surface area contributed by atoms with Crippen molar-refractivity contribution in [3.63, 3.8) is 0 Å². The van der Waals surface area contributed by atoms with Crippen molar-refractivity contribution in [2.75, 3.05) is 19.5 Å². The smallest absolute Gasteiger partial charge is 0.417 e. The molecule has 2 heterocycles. The Labute approximate surface area is 180 Å². The number of halogens is 4. The van der Waals surface area contributed by atoms with Crippen molar-refractivity contribution in [3.8, 4) is 17.3 Å². The molecule has 7 nitrogen and oxygen atoms in total. The van der Waals surface area contributed by atoms with Crippen LogP contribution >= 0.6 is 11.6 Å². The number of benzene rings is 1. The third-order valence-electron chi connectivity index (χ3n) is 4.49. The molecule has 0 spiro atoms. The second-order valence-corrected chi connectivity index (χ2v) is 6.84. The van der Waals surface area contributed by atoms with Gasteiger partial charge in [0.05, 0.1) is 37.7 Å². The van der Waals surface area contributed by atoms with Crippen LogP contribution in [0.2, 0.25) is 5.02 Å². The Morgan fingerprint density at radius 3 is 2.45 bits per heavy atom. The van der Waals surface area contributed by atoms with Crippen molar-refractivity contribution in [1.29, 1.82) is 0 Å². The summed E-state index contributed by atoms with van der Waals surface area (Å²) in [6.07, 6.45) is -2.61. The van der Waals surface area contributed by atoms with E-state index in [0.29, 0.717) is 17.7 Å². The number of alkyl halides is 3. The molecule has 1 N–H and O–H groups in total. The third-order valence-corrected chi connectivity index (χ3v) is 4.85. The molecule has 0 aliphatic heterocycles. The Hall–Kier alpha value is -3.27. The van der Waals surface area contributed by atoms with Gasteiger partial charge in [0, 0.05) is 11.8 Å². The van der Waals surface area contributed by atoms with Crippen LogP contribution in [-0.4, -0.2) is 29.0 Å². The summed E-state index contributed by atoms with van der Waals surface area (Å²) < 4.78 is 49.6. The molecule has 0 radical (unpaired) electrons. The first-order valence-electron chi connectivity index (χ1n) is 8.95. The third kappa shape index (κ3) is 4.74. The minimum absolute atomic E-state index is 0.0889. The summed E-state index contributed by atoms with van der Waals surface area (Å²) >= 11 is 6.22. The fourth-order valence-corrected chi connectivity index (χ4v) is 3.05. The summed E-state index contributed by atoms with van der Waals surface area (Å²) in [5, 5.41) is 6.88. The maximum Gasteiger partial charge on any atom is 0.417 e. The lowest BCUT2D eigenvalue weighted by Crippen LogP contribution is -2.24. The summed E-state index contributed by atoms with van der Waals surface area (Å²) in [5.41, 5.74) is -0.669. The zero-order valence-electron chi connectivity index (χ0n) is 16.7. The zero-order chi connectivity index (χ0) is 22.8. The van der Waals surface area contributed by atoms with Crippen LogP contribution in [0.4, 0.5) is 18.9 Å². The molecule has 164 valence electrons. The summed E-state index contributed by atoms with van der Waals surface area (Å²) in [5.74, 6) is 1.14. The van der Waals surface area contributed by atoms with Gasteiger partial charge in [-0.25, -0.2) is 4.98 Å². The standard InChI is InChI=1S/C20H18ClF3N4O3/c1-11(14-8-13(30-2)5-6-16(14)31-3)27-15-10-26-28(19(29)18(15)21)17-7-4-12(9-25-17)20(22,23)24/h4-11,27H,1-3H3. The predicted octanol–water partition coefficient (Wildman–Crippen LogP) is 4.49. The van der Waals surface area contributed by atoms with Crippen LogP contribution in [-0.2, 0) is 6.18 Å². The van der Waals surface area contributed by atoms with Crippen LogP contribution in [0.3, 0.4) is 0 Å². The maximum absolute atomic E-state index is 12.7. The zero-order valence-corrected chi connectivity index (χ0v) is 17.5. The highest BCUT2D eigenvalue weighted by Crippen LogP contribution is 2.32. The first-order valence-corrected chi connectivity index (χ1v) is 9.33. The normalized spacial score (nSPS) is 12.4. The Balaban J connectivity index is 1.90. The van der Waals surface area contributed by atoms with Gasteiger partial charge in [-0.1, -0.05) is 11.6 Å². The number of nitrogens with zero attached hydrogens (tertiary/aromatic N) is 3. The Kier molecular flexibility index (Phi) is 6.40. The summed E-state index contributed by atoms with van der Waals surface area (Å²) in [7, 11) is 3.07. The summed E-state index contributed by atoms with van der Waals surface area (Å²) in [6.45, 7) is 1.83. The lowest BCUT2D eigenvalue weighted by atomic mass is 10.1. The van der Waals surface area contributed by atoms with Crippen molar-refractivity contribution >= 4 is 17.3 Å². The van der Waals surface area contributed by atoms with Gasteiger partial charge in [-0.15, -0.1) is 0 Å². The first kappa shape index (κ1) is 22.4. The second kappa shape index (κ2) is 8.84. The Bertz CT molecular complexity index is 1130.